The van der Waals surface area contributed by atoms with Gasteiger partial charge in [-0.1, -0.05) is 29.3 Å². The number of hydrogen-bond donors (Lipinski definition) is 1. The maximum absolute atomic E-state index is 12.3. The summed E-state index contributed by atoms with van der Waals surface area (Å²) in [4.78, 5) is 2.20. The zero-order valence-corrected chi connectivity index (χ0v) is 18.1. The third kappa shape index (κ3) is 5.59. The third-order valence-electron chi connectivity index (χ3n) is 3.91. The van der Waals surface area contributed by atoms with E-state index in [-0.39, 0.29) is 15.5 Å². The fourth-order valence-electron chi connectivity index (χ4n) is 2.33. The monoisotopic (exact) mass is 464 g/mol. The van der Waals surface area contributed by atoms with Crippen molar-refractivity contribution in [2.75, 3.05) is 0 Å². The maximum Gasteiger partial charge on any atom is 0.339 e. The summed E-state index contributed by atoms with van der Waals surface area (Å²) in [5.74, 6) is 0.0994. The third-order valence-corrected chi connectivity index (χ3v) is 6.66. The number of hydrazone groups is 1. The molecule has 1 N–H and O–H groups in total. The molecule has 156 valence electrons. The SMILES string of the molecule is Cc1ccc(S(=O)(=O)N/N=C/c2ccc(OS(=O)(=O)c3ccc(Cl)cc3)cc2)cc1. The van der Waals surface area contributed by atoms with Crippen LogP contribution in [-0.4, -0.2) is 23.1 Å². The van der Waals surface area contributed by atoms with E-state index in [1.807, 2.05) is 6.92 Å². The minimum atomic E-state index is -4.00. The van der Waals surface area contributed by atoms with Crippen LogP contribution in [0.4, 0.5) is 0 Å². The van der Waals surface area contributed by atoms with Crippen LogP contribution in [0.5, 0.6) is 5.75 Å². The highest BCUT2D eigenvalue weighted by Crippen LogP contribution is 2.20. The number of nitrogens with one attached hydrogen (secondary N) is 1. The number of nitrogens with zero attached hydrogens (tertiary/aromatic N) is 1. The van der Waals surface area contributed by atoms with Gasteiger partial charge in [-0.15, -0.1) is 0 Å². The smallest absolute Gasteiger partial charge is 0.339 e. The van der Waals surface area contributed by atoms with E-state index in [2.05, 4.69) is 9.93 Å². The molecule has 0 aliphatic carbocycles. The molecule has 0 saturated heterocycles. The Labute approximate surface area is 180 Å². The number of halogens is 1. The summed E-state index contributed by atoms with van der Waals surface area (Å²) in [6.07, 6.45) is 1.29. The van der Waals surface area contributed by atoms with Gasteiger partial charge in [0, 0.05) is 5.02 Å². The van der Waals surface area contributed by atoms with Crippen LogP contribution in [0.3, 0.4) is 0 Å². The van der Waals surface area contributed by atoms with Crippen molar-refractivity contribution in [2.24, 2.45) is 5.10 Å². The lowest BCUT2D eigenvalue weighted by Crippen LogP contribution is -2.18. The van der Waals surface area contributed by atoms with Crippen LogP contribution in [0.2, 0.25) is 5.02 Å². The highest BCUT2D eigenvalue weighted by molar-refractivity contribution is 7.89. The standard InChI is InChI=1S/C20H17ClN2O5S2/c1-15-2-10-19(11-3-15)29(24,25)23-22-14-16-4-8-18(9-5-16)28-30(26,27)20-12-6-17(21)7-13-20/h2-14,23H,1H3/b22-14+. The van der Waals surface area contributed by atoms with Crippen LogP contribution in [0, 0.1) is 6.92 Å². The van der Waals surface area contributed by atoms with Gasteiger partial charge in [0.05, 0.1) is 11.1 Å². The van der Waals surface area contributed by atoms with Crippen molar-refractivity contribution in [3.63, 3.8) is 0 Å². The summed E-state index contributed by atoms with van der Waals surface area (Å²) in [6, 6.07) is 17.9. The molecule has 0 atom stereocenters. The summed E-state index contributed by atoms with van der Waals surface area (Å²) in [7, 11) is -7.77. The van der Waals surface area contributed by atoms with Crippen LogP contribution in [0.1, 0.15) is 11.1 Å². The maximum atomic E-state index is 12.3. The van der Waals surface area contributed by atoms with E-state index in [0.29, 0.717) is 10.6 Å². The Balaban J connectivity index is 1.65. The molecular weight excluding hydrogens is 448 g/mol. The normalized spacial score (nSPS) is 12.1. The molecule has 30 heavy (non-hydrogen) atoms. The molecule has 3 aromatic rings. The summed E-state index contributed by atoms with van der Waals surface area (Å²) in [5, 5.41) is 4.15. The molecule has 0 spiro atoms. The Morgan fingerprint density at radius 2 is 1.40 bits per heavy atom. The van der Waals surface area contributed by atoms with Gasteiger partial charge in [0.25, 0.3) is 10.0 Å². The molecule has 0 aromatic heterocycles. The number of rotatable bonds is 7. The lowest BCUT2D eigenvalue weighted by Gasteiger charge is -2.07. The predicted octanol–water partition coefficient (Wildman–Crippen LogP) is 3.73. The lowest BCUT2D eigenvalue weighted by molar-refractivity contribution is 0.486. The fraction of sp³-hybridized carbons (Fsp3) is 0.0500. The first-order valence-electron chi connectivity index (χ1n) is 8.57. The minimum Gasteiger partial charge on any atom is -0.379 e. The molecule has 0 saturated carbocycles. The number of sulfonamides is 1. The predicted molar refractivity (Wildman–Crippen MR) is 115 cm³/mol. The van der Waals surface area contributed by atoms with Crippen molar-refractivity contribution >= 4 is 38.0 Å². The average molecular weight is 465 g/mol. The zero-order valence-electron chi connectivity index (χ0n) is 15.7. The molecule has 0 aliphatic heterocycles. The Bertz CT molecular complexity index is 1250. The molecule has 3 aromatic carbocycles. The number of aryl methyl sites for hydroxylation is 1. The van der Waals surface area contributed by atoms with Crippen molar-refractivity contribution in [3.05, 3.63) is 88.9 Å². The topological polar surface area (TPSA) is 102 Å². The van der Waals surface area contributed by atoms with Crippen molar-refractivity contribution in [2.45, 2.75) is 16.7 Å². The molecule has 0 radical (unpaired) electrons. The molecule has 0 bridgehead atoms. The molecule has 0 heterocycles. The van der Waals surface area contributed by atoms with E-state index in [9.17, 15) is 16.8 Å². The number of benzene rings is 3. The average Bonchev–Trinajstić information content (AvgIpc) is 2.70. The Morgan fingerprint density at radius 1 is 0.833 bits per heavy atom. The van der Waals surface area contributed by atoms with E-state index < -0.39 is 20.1 Å². The number of hydrogen-bond acceptors (Lipinski definition) is 6. The zero-order chi connectivity index (χ0) is 21.8. The highest BCUT2D eigenvalue weighted by atomic mass is 35.5. The van der Waals surface area contributed by atoms with E-state index in [4.69, 9.17) is 15.8 Å². The first-order chi connectivity index (χ1) is 14.2. The van der Waals surface area contributed by atoms with Gasteiger partial charge in [-0.25, -0.2) is 4.83 Å². The van der Waals surface area contributed by atoms with Crippen molar-refractivity contribution < 1.29 is 21.0 Å². The minimum absolute atomic E-state index is 0.0250. The van der Waals surface area contributed by atoms with Crippen LogP contribution >= 0.6 is 11.6 Å². The molecule has 0 unspecified atom stereocenters. The summed E-state index contributed by atoms with van der Waals surface area (Å²) < 4.78 is 54.0. The van der Waals surface area contributed by atoms with Crippen LogP contribution < -0.4 is 9.01 Å². The van der Waals surface area contributed by atoms with Gasteiger partial charge in [0.15, 0.2) is 0 Å². The van der Waals surface area contributed by atoms with E-state index in [1.165, 1.54) is 66.9 Å². The van der Waals surface area contributed by atoms with E-state index in [1.54, 1.807) is 12.1 Å². The van der Waals surface area contributed by atoms with Gasteiger partial charge < -0.3 is 4.18 Å². The van der Waals surface area contributed by atoms with Gasteiger partial charge in [-0.2, -0.15) is 21.9 Å². The molecule has 7 nitrogen and oxygen atoms in total. The summed E-state index contributed by atoms with van der Waals surface area (Å²) in [6.45, 7) is 1.86. The Kier molecular flexibility index (Phi) is 6.45. The summed E-state index contributed by atoms with van der Waals surface area (Å²) in [5.41, 5.74) is 1.48. The molecule has 0 amide bonds. The van der Waals surface area contributed by atoms with Crippen LogP contribution in [-0.2, 0) is 20.1 Å². The van der Waals surface area contributed by atoms with Gasteiger partial charge in [0.2, 0.25) is 0 Å². The van der Waals surface area contributed by atoms with Gasteiger partial charge in [-0.05, 0) is 73.2 Å². The van der Waals surface area contributed by atoms with Gasteiger partial charge >= 0.3 is 10.1 Å². The van der Waals surface area contributed by atoms with Gasteiger partial charge in [-0.3, -0.25) is 0 Å². The van der Waals surface area contributed by atoms with Crippen molar-refractivity contribution in [1.29, 1.82) is 0 Å². The van der Waals surface area contributed by atoms with Crippen LogP contribution in [0.25, 0.3) is 0 Å². The first-order valence-corrected chi connectivity index (χ1v) is 11.8. The first kappa shape index (κ1) is 21.8. The Morgan fingerprint density at radius 3 is 2.00 bits per heavy atom. The Hall–Kier alpha value is -2.88. The second-order valence-corrected chi connectivity index (χ2v) is 9.87. The van der Waals surface area contributed by atoms with Crippen molar-refractivity contribution in [1.82, 2.24) is 4.83 Å². The quantitative estimate of drug-likeness (QED) is 0.326. The van der Waals surface area contributed by atoms with Crippen molar-refractivity contribution in [3.8, 4) is 5.75 Å². The molecule has 3 rings (SSSR count). The lowest BCUT2D eigenvalue weighted by atomic mass is 10.2. The molecular formula is C20H17ClN2O5S2. The van der Waals surface area contributed by atoms with E-state index >= 15 is 0 Å². The molecule has 10 heteroatoms. The highest BCUT2D eigenvalue weighted by Gasteiger charge is 2.16. The summed E-state index contributed by atoms with van der Waals surface area (Å²) >= 11 is 5.76. The molecule has 0 aliphatic rings. The second-order valence-electron chi connectivity index (χ2n) is 6.23. The molecule has 0 fully saturated rings. The van der Waals surface area contributed by atoms with Gasteiger partial charge in [0.1, 0.15) is 10.6 Å². The fourth-order valence-corrected chi connectivity index (χ4v) is 4.17. The van der Waals surface area contributed by atoms with Crippen LogP contribution in [0.15, 0.2) is 87.7 Å². The van der Waals surface area contributed by atoms with E-state index in [0.717, 1.165) is 5.56 Å². The largest absolute Gasteiger partial charge is 0.379 e. The second kappa shape index (κ2) is 8.86.